The minimum atomic E-state index is -0.450. The van der Waals surface area contributed by atoms with Gasteiger partial charge in [-0.25, -0.2) is 0 Å². The third-order valence-electron chi connectivity index (χ3n) is 6.80. The molecule has 1 amide bonds. The highest BCUT2D eigenvalue weighted by Gasteiger charge is 2.55. The molecule has 0 bridgehead atoms. The highest BCUT2D eigenvalue weighted by Crippen LogP contribution is 2.52. The summed E-state index contributed by atoms with van der Waals surface area (Å²) < 4.78 is 11.3. The molecule has 1 heterocycles. The van der Waals surface area contributed by atoms with Crippen molar-refractivity contribution in [2.45, 2.75) is 25.9 Å². The van der Waals surface area contributed by atoms with Crippen molar-refractivity contribution >= 4 is 17.6 Å². The Morgan fingerprint density at radius 3 is 2.44 bits per heavy atom. The van der Waals surface area contributed by atoms with Crippen LogP contribution >= 0.6 is 0 Å². The van der Waals surface area contributed by atoms with Crippen LogP contribution < -0.4 is 10.1 Å². The lowest BCUT2D eigenvalue weighted by molar-refractivity contribution is -0.146. The summed E-state index contributed by atoms with van der Waals surface area (Å²) in [5, 5.41) is 2.88. The zero-order valence-electron chi connectivity index (χ0n) is 19.0. The normalized spacial score (nSPS) is 21.1. The summed E-state index contributed by atoms with van der Waals surface area (Å²) >= 11 is 0. The van der Waals surface area contributed by atoms with Gasteiger partial charge in [0.05, 0.1) is 12.0 Å². The summed E-state index contributed by atoms with van der Waals surface area (Å²) in [6.07, 6.45) is 2.26. The van der Waals surface area contributed by atoms with Crippen LogP contribution in [0.1, 0.15) is 34.3 Å². The highest BCUT2D eigenvalue weighted by molar-refractivity contribution is 6.04. The van der Waals surface area contributed by atoms with Gasteiger partial charge in [-0.1, -0.05) is 54.6 Å². The van der Waals surface area contributed by atoms with Gasteiger partial charge in [-0.15, -0.1) is 0 Å². The summed E-state index contributed by atoms with van der Waals surface area (Å²) in [5.41, 5.74) is 4.12. The number of allylic oxidation sites excluding steroid dienone is 1. The number of nitrogens with one attached hydrogen (secondary N) is 1. The Balaban J connectivity index is 1.16. The predicted molar refractivity (Wildman–Crippen MR) is 131 cm³/mol. The maximum Gasteiger partial charge on any atom is 0.313 e. The fourth-order valence-corrected chi connectivity index (χ4v) is 4.97. The molecular formula is C29H27NO4. The van der Waals surface area contributed by atoms with Crippen molar-refractivity contribution in [3.8, 4) is 5.75 Å². The number of anilines is 1. The number of cyclic esters (lactones) is 1. The van der Waals surface area contributed by atoms with E-state index in [4.69, 9.17) is 9.47 Å². The Labute approximate surface area is 199 Å². The lowest BCUT2D eigenvalue weighted by Crippen LogP contribution is -2.31. The van der Waals surface area contributed by atoms with Crippen LogP contribution in [0.15, 0.2) is 91.0 Å². The van der Waals surface area contributed by atoms with Crippen LogP contribution in [0.25, 0.3) is 0 Å². The van der Waals surface area contributed by atoms with Crippen LogP contribution in [-0.2, 0) is 22.6 Å². The van der Waals surface area contributed by atoms with E-state index < -0.39 is 5.41 Å². The van der Waals surface area contributed by atoms with Crippen LogP contribution in [0.5, 0.6) is 5.75 Å². The maximum absolute atomic E-state index is 12.5. The van der Waals surface area contributed by atoms with Crippen LogP contribution in [0, 0.1) is 11.3 Å². The lowest BCUT2D eigenvalue weighted by Gasteiger charge is -2.24. The van der Waals surface area contributed by atoms with E-state index in [1.807, 2.05) is 66.7 Å². The van der Waals surface area contributed by atoms with Gasteiger partial charge >= 0.3 is 5.97 Å². The third kappa shape index (κ3) is 4.46. The molecule has 0 spiro atoms. The van der Waals surface area contributed by atoms with Crippen molar-refractivity contribution in [1.82, 2.24) is 0 Å². The second kappa shape index (κ2) is 9.18. The molecule has 3 aromatic rings. The van der Waals surface area contributed by atoms with Crippen molar-refractivity contribution < 1.29 is 19.1 Å². The molecule has 2 aliphatic rings. The summed E-state index contributed by atoms with van der Waals surface area (Å²) in [5.74, 6) is 0.764. The van der Waals surface area contributed by atoms with Crippen LogP contribution in [0.2, 0.25) is 0 Å². The molecule has 5 heteroatoms. The van der Waals surface area contributed by atoms with E-state index in [0.717, 1.165) is 34.6 Å². The SMILES string of the molecule is C=C1CC2COC(=O)C2(Cc2ccc(OCc3ccc(C(=O)Nc4ccccc4)cc3)cc2)C1. The van der Waals surface area contributed by atoms with Crippen molar-refractivity contribution in [3.05, 3.63) is 108 Å². The summed E-state index contributed by atoms with van der Waals surface area (Å²) in [4.78, 5) is 24.9. The van der Waals surface area contributed by atoms with E-state index >= 15 is 0 Å². The van der Waals surface area contributed by atoms with Gasteiger partial charge in [0.25, 0.3) is 5.91 Å². The summed E-state index contributed by atoms with van der Waals surface area (Å²) in [6.45, 7) is 5.02. The first-order chi connectivity index (χ1) is 16.5. The largest absolute Gasteiger partial charge is 0.489 e. The quantitative estimate of drug-likeness (QED) is 0.375. The first-order valence-electron chi connectivity index (χ1n) is 11.5. The van der Waals surface area contributed by atoms with Gasteiger partial charge in [-0.2, -0.15) is 0 Å². The Hall–Kier alpha value is -3.86. The fourth-order valence-electron chi connectivity index (χ4n) is 4.97. The van der Waals surface area contributed by atoms with E-state index in [1.165, 1.54) is 0 Å². The molecule has 0 radical (unpaired) electrons. The van der Waals surface area contributed by atoms with Crippen molar-refractivity contribution in [3.63, 3.8) is 0 Å². The van der Waals surface area contributed by atoms with E-state index in [9.17, 15) is 9.59 Å². The molecule has 5 nitrogen and oxygen atoms in total. The summed E-state index contributed by atoms with van der Waals surface area (Å²) in [7, 11) is 0. The molecule has 0 aromatic heterocycles. The number of amides is 1. The minimum absolute atomic E-state index is 0.0858. The predicted octanol–water partition coefficient (Wildman–Crippen LogP) is 5.57. The number of ether oxygens (including phenoxy) is 2. The van der Waals surface area contributed by atoms with E-state index in [2.05, 4.69) is 11.9 Å². The minimum Gasteiger partial charge on any atom is -0.489 e. The van der Waals surface area contributed by atoms with Crippen molar-refractivity contribution in [2.24, 2.45) is 11.3 Å². The molecule has 1 saturated heterocycles. The van der Waals surface area contributed by atoms with Crippen LogP contribution in [0.4, 0.5) is 5.69 Å². The molecule has 2 fully saturated rings. The second-order valence-electron chi connectivity index (χ2n) is 9.21. The van der Waals surface area contributed by atoms with Crippen molar-refractivity contribution in [2.75, 3.05) is 11.9 Å². The van der Waals surface area contributed by atoms with Gasteiger partial charge in [-0.3, -0.25) is 9.59 Å². The van der Waals surface area contributed by atoms with Gasteiger partial charge in [0.1, 0.15) is 12.4 Å². The smallest absolute Gasteiger partial charge is 0.313 e. The number of rotatable bonds is 7. The standard InChI is InChI=1S/C29H27NO4/c1-20-15-24-19-34-28(32)29(24,16-20)17-21-9-13-26(14-10-21)33-18-22-7-11-23(12-8-22)27(31)30-25-5-3-2-4-6-25/h2-14,24H,1,15-19H2,(H,30,31). The Morgan fingerprint density at radius 2 is 1.71 bits per heavy atom. The van der Waals surface area contributed by atoms with Gasteiger partial charge in [0.15, 0.2) is 0 Å². The molecule has 1 aliphatic heterocycles. The molecule has 3 aromatic carbocycles. The number of benzene rings is 3. The Kier molecular flexibility index (Phi) is 5.93. The first kappa shape index (κ1) is 22.0. The summed E-state index contributed by atoms with van der Waals surface area (Å²) in [6, 6.07) is 24.7. The van der Waals surface area contributed by atoms with E-state index in [-0.39, 0.29) is 17.8 Å². The fraction of sp³-hybridized carbons (Fsp3) is 0.241. The number of carbonyl (C=O) groups excluding carboxylic acids is 2. The Morgan fingerprint density at radius 1 is 1.00 bits per heavy atom. The molecule has 34 heavy (non-hydrogen) atoms. The second-order valence-corrected chi connectivity index (χ2v) is 9.21. The van der Waals surface area contributed by atoms with Gasteiger partial charge in [-0.05, 0) is 66.8 Å². The number of hydrogen-bond donors (Lipinski definition) is 1. The molecule has 1 N–H and O–H groups in total. The molecule has 5 rings (SSSR count). The average Bonchev–Trinajstić information content (AvgIpc) is 3.33. The monoisotopic (exact) mass is 453 g/mol. The zero-order valence-corrected chi connectivity index (χ0v) is 19.0. The molecule has 1 aliphatic carbocycles. The first-order valence-corrected chi connectivity index (χ1v) is 11.5. The average molecular weight is 454 g/mol. The number of carbonyl (C=O) groups is 2. The van der Waals surface area contributed by atoms with Crippen LogP contribution in [-0.4, -0.2) is 18.5 Å². The number of para-hydroxylation sites is 1. The van der Waals surface area contributed by atoms with Gasteiger partial charge in [0.2, 0.25) is 0 Å². The van der Waals surface area contributed by atoms with E-state index in [0.29, 0.717) is 31.6 Å². The lowest BCUT2D eigenvalue weighted by atomic mass is 9.75. The zero-order chi connectivity index (χ0) is 23.5. The van der Waals surface area contributed by atoms with Crippen LogP contribution in [0.3, 0.4) is 0 Å². The van der Waals surface area contributed by atoms with Gasteiger partial charge in [0, 0.05) is 17.2 Å². The number of hydrogen-bond acceptors (Lipinski definition) is 4. The molecule has 172 valence electrons. The number of fused-ring (bicyclic) bond motifs is 1. The topological polar surface area (TPSA) is 64.6 Å². The van der Waals surface area contributed by atoms with Crippen molar-refractivity contribution in [1.29, 1.82) is 0 Å². The maximum atomic E-state index is 12.5. The highest BCUT2D eigenvalue weighted by atomic mass is 16.5. The molecular weight excluding hydrogens is 426 g/mol. The molecule has 1 saturated carbocycles. The Bertz CT molecular complexity index is 1200. The third-order valence-corrected chi connectivity index (χ3v) is 6.80. The number of esters is 1. The van der Waals surface area contributed by atoms with Gasteiger partial charge < -0.3 is 14.8 Å². The molecule has 2 atom stereocenters. The molecule has 2 unspecified atom stereocenters. The van der Waals surface area contributed by atoms with E-state index in [1.54, 1.807) is 12.1 Å².